The number of carbonyl (C=O) groups excluding carboxylic acids is 2. The smallest absolute Gasteiger partial charge is 0.262 e. The maximum atomic E-state index is 14.6. The molecule has 40 heavy (non-hydrogen) atoms. The number of hydrogen-bond acceptors (Lipinski definition) is 5. The second-order valence-corrected chi connectivity index (χ2v) is 10.5. The minimum absolute atomic E-state index is 0.0757. The van der Waals surface area contributed by atoms with E-state index in [-0.39, 0.29) is 24.6 Å². The van der Waals surface area contributed by atoms with Gasteiger partial charge in [0.1, 0.15) is 12.4 Å². The molecule has 2 aliphatic heterocycles. The number of hydrazone groups is 1. The second kappa shape index (κ2) is 12.9. The van der Waals surface area contributed by atoms with Gasteiger partial charge in [0, 0.05) is 48.2 Å². The first-order valence-electron chi connectivity index (χ1n) is 13.1. The van der Waals surface area contributed by atoms with Gasteiger partial charge in [0.05, 0.1) is 30.5 Å². The van der Waals surface area contributed by atoms with E-state index in [2.05, 4.69) is 4.90 Å². The van der Waals surface area contributed by atoms with Crippen LogP contribution in [0.15, 0.2) is 77.9 Å². The van der Waals surface area contributed by atoms with Crippen molar-refractivity contribution < 1.29 is 18.7 Å². The molecule has 0 saturated carbocycles. The largest absolute Gasteiger partial charge is 0.379 e. The summed E-state index contributed by atoms with van der Waals surface area (Å²) in [7, 11) is 0. The van der Waals surface area contributed by atoms with E-state index >= 15 is 0 Å². The normalized spacial score (nSPS) is 17.5. The highest BCUT2D eigenvalue weighted by atomic mass is 35.5. The van der Waals surface area contributed by atoms with Crippen LogP contribution in [0.25, 0.3) is 0 Å². The fourth-order valence-corrected chi connectivity index (χ4v) is 5.29. The maximum absolute atomic E-state index is 14.6. The zero-order valence-corrected chi connectivity index (χ0v) is 23.3. The van der Waals surface area contributed by atoms with Crippen molar-refractivity contribution in [1.29, 1.82) is 0 Å². The van der Waals surface area contributed by atoms with E-state index in [1.165, 1.54) is 28.1 Å². The summed E-state index contributed by atoms with van der Waals surface area (Å²) in [6, 6.07) is 20.0. The molecule has 2 heterocycles. The zero-order valence-electron chi connectivity index (χ0n) is 21.8. The van der Waals surface area contributed by atoms with Crippen molar-refractivity contribution in [2.45, 2.75) is 12.5 Å². The molecule has 3 aromatic carbocycles. The summed E-state index contributed by atoms with van der Waals surface area (Å²) in [5.41, 5.74) is 2.18. The van der Waals surface area contributed by atoms with Crippen molar-refractivity contribution in [3.05, 3.63) is 105 Å². The second-order valence-electron chi connectivity index (χ2n) is 9.70. The Morgan fingerprint density at radius 3 is 2.40 bits per heavy atom. The van der Waals surface area contributed by atoms with Gasteiger partial charge in [0.25, 0.3) is 11.8 Å². The lowest BCUT2D eigenvalue weighted by molar-refractivity contribution is -0.133. The van der Waals surface area contributed by atoms with Crippen molar-refractivity contribution in [2.24, 2.45) is 5.10 Å². The third kappa shape index (κ3) is 6.53. The van der Waals surface area contributed by atoms with Gasteiger partial charge in [-0.25, -0.2) is 9.40 Å². The molecule has 3 aromatic rings. The number of ether oxygens (including phenoxy) is 1. The monoisotopic (exact) mass is 582 g/mol. The third-order valence-corrected chi connectivity index (χ3v) is 7.69. The van der Waals surface area contributed by atoms with E-state index in [4.69, 9.17) is 33.0 Å². The Morgan fingerprint density at radius 2 is 1.68 bits per heavy atom. The topological polar surface area (TPSA) is 65.5 Å². The summed E-state index contributed by atoms with van der Waals surface area (Å²) in [5, 5.41) is 7.23. The Kier molecular flexibility index (Phi) is 9.11. The molecule has 10 heteroatoms. The molecule has 0 aromatic heterocycles. The molecule has 0 N–H and O–H groups in total. The molecule has 2 amide bonds. The number of morpholine rings is 1. The predicted octanol–water partition coefficient (Wildman–Crippen LogP) is 5.28. The molecular weight excluding hydrogens is 554 g/mol. The number of hydrogen-bond donors (Lipinski definition) is 0. The number of nitrogens with zero attached hydrogens (tertiary/aromatic N) is 4. The van der Waals surface area contributed by atoms with Crippen molar-refractivity contribution in [3.8, 4) is 0 Å². The first-order valence-corrected chi connectivity index (χ1v) is 13.9. The van der Waals surface area contributed by atoms with E-state index in [9.17, 15) is 14.0 Å². The van der Waals surface area contributed by atoms with Gasteiger partial charge in [-0.2, -0.15) is 5.10 Å². The van der Waals surface area contributed by atoms with Gasteiger partial charge in [0.15, 0.2) is 0 Å². The Hall–Kier alpha value is -3.30. The fourth-order valence-electron chi connectivity index (χ4n) is 4.92. The quantitative estimate of drug-likeness (QED) is 0.362. The minimum Gasteiger partial charge on any atom is -0.379 e. The van der Waals surface area contributed by atoms with Crippen LogP contribution < -0.4 is 0 Å². The number of amides is 2. The van der Waals surface area contributed by atoms with E-state index in [0.29, 0.717) is 41.9 Å². The van der Waals surface area contributed by atoms with Crippen molar-refractivity contribution in [3.63, 3.8) is 0 Å². The van der Waals surface area contributed by atoms with Crippen LogP contribution in [0.2, 0.25) is 10.0 Å². The van der Waals surface area contributed by atoms with Gasteiger partial charge < -0.3 is 9.64 Å². The first-order chi connectivity index (χ1) is 19.4. The van der Waals surface area contributed by atoms with Gasteiger partial charge in [-0.3, -0.25) is 14.5 Å². The van der Waals surface area contributed by atoms with Crippen LogP contribution in [-0.4, -0.2) is 78.3 Å². The standard InChI is InChI=1S/C30H29Cl2FN4O3/c31-22-11-9-21(10-12-22)28-19-27(23-5-1-3-7-25(23)32)34-37(28)29(38)20-36(14-13-35-15-17-40-18-16-35)30(39)24-6-2-4-8-26(24)33/h1-12,28H,13-20H2/t28-/m1/s1. The van der Waals surface area contributed by atoms with Crippen molar-refractivity contribution >= 4 is 40.7 Å². The number of benzene rings is 3. The molecule has 1 saturated heterocycles. The molecule has 1 fully saturated rings. The molecular formula is C30H29Cl2FN4O3. The van der Waals surface area contributed by atoms with Crippen LogP contribution in [0.4, 0.5) is 4.39 Å². The molecule has 208 valence electrons. The summed E-state index contributed by atoms with van der Waals surface area (Å²) in [6.45, 7) is 3.19. The lowest BCUT2D eigenvalue weighted by Crippen LogP contribution is -2.46. The fraction of sp³-hybridized carbons (Fsp3) is 0.300. The predicted molar refractivity (Wildman–Crippen MR) is 153 cm³/mol. The highest BCUT2D eigenvalue weighted by Gasteiger charge is 2.35. The van der Waals surface area contributed by atoms with Crippen LogP contribution in [0.5, 0.6) is 0 Å². The molecule has 0 radical (unpaired) electrons. The highest BCUT2D eigenvalue weighted by Crippen LogP contribution is 2.35. The van der Waals surface area contributed by atoms with Crippen LogP contribution >= 0.6 is 23.2 Å². The summed E-state index contributed by atoms with van der Waals surface area (Å²) >= 11 is 12.6. The molecule has 7 nitrogen and oxygen atoms in total. The zero-order chi connectivity index (χ0) is 28.1. The number of rotatable bonds is 8. The molecule has 0 spiro atoms. The van der Waals surface area contributed by atoms with E-state index in [1.807, 2.05) is 30.3 Å². The Bertz CT molecular complexity index is 1400. The van der Waals surface area contributed by atoms with E-state index in [0.717, 1.165) is 24.2 Å². The SMILES string of the molecule is O=C(c1ccccc1F)N(CCN1CCOCC1)CC(=O)N1N=C(c2ccccc2Cl)C[C@@H]1c1ccc(Cl)cc1. The molecule has 0 bridgehead atoms. The molecule has 0 aliphatic carbocycles. The molecule has 0 unspecified atom stereocenters. The summed E-state index contributed by atoms with van der Waals surface area (Å²) < 4.78 is 20.0. The van der Waals surface area contributed by atoms with Crippen LogP contribution in [0.3, 0.4) is 0 Å². The summed E-state index contributed by atoms with van der Waals surface area (Å²) in [6.07, 6.45) is 0.437. The number of carbonyl (C=O) groups is 2. The number of halogens is 3. The van der Waals surface area contributed by atoms with Gasteiger partial charge >= 0.3 is 0 Å². The van der Waals surface area contributed by atoms with Gasteiger partial charge in [-0.15, -0.1) is 0 Å². The van der Waals surface area contributed by atoms with Crippen LogP contribution in [0, 0.1) is 5.82 Å². The van der Waals surface area contributed by atoms with Gasteiger partial charge in [-0.1, -0.05) is 65.7 Å². The molecule has 1 atom stereocenters. The van der Waals surface area contributed by atoms with Crippen LogP contribution in [0.1, 0.15) is 33.9 Å². The lowest BCUT2D eigenvalue weighted by Gasteiger charge is -2.31. The Balaban J connectivity index is 1.43. The van der Waals surface area contributed by atoms with Crippen molar-refractivity contribution in [2.75, 3.05) is 45.9 Å². The van der Waals surface area contributed by atoms with Crippen LogP contribution in [-0.2, 0) is 9.53 Å². The first kappa shape index (κ1) is 28.2. The lowest BCUT2D eigenvalue weighted by atomic mass is 9.98. The molecule has 5 rings (SSSR count). The van der Waals surface area contributed by atoms with E-state index < -0.39 is 17.8 Å². The van der Waals surface area contributed by atoms with Crippen molar-refractivity contribution in [1.82, 2.24) is 14.8 Å². The average molecular weight is 583 g/mol. The van der Waals surface area contributed by atoms with Gasteiger partial charge in [0.2, 0.25) is 0 Å². The van der Waals surface area contributed by atoms with Gasteiger partial charge in [-0.05, 0) is 35.9 Å². The maximum Gasteiger partial charge on any atom is 0.262 e. The Morgan fingerprint density at radius 1 is 0.975 bits per heavy atom. The average Bonchev–Trinajstić information content (AvgIpc) is 3.42. The highest BCUT2D eigenvalue weighted by molar-refractivity contribution is 6.34. The minimum atomic E-state index is -0.629. The summed E-state index contributed by atoms with van der Waals surface area (Å²) in [4.78, 5) is 31.0. The summed E-state index contributed by atoms with van der Waals surface area (Å²) in [5.74, 6) is -1.55. The third-order valence-electron chi connectivity index (χ3n) is 7.11. The molecule has 2 aliphatic rings. The Labute approximate surface area is 242 Å². The van der Waals surface area contributed by atoms with E-state index in [1.54, 1.807) is 24.3 Å².